The van der Waals surface area contributed by atoms with E-state index in [9.17, 15) is 14.7 Å². The van der Waals surface area contributed by atoms with Gasteiger partial charge in [-0.1, -0.05) is 6.07 Å². The molecular weight excluding hydrogens is 290 g/mol. The quantitative estimate of drug-likeness (QED) is 0.920. The standard InChI is InChI=1S/C14H17N3O3S/c1-9(2)17-8-10(7-15-17)13(18)16(3)12(14(19)20)11-5-4-6-21-11/h4-9,12H,1-3H3,(H,19,20)/t12-/m0/s1. The fourth-order valence-electron chi connectivity index (χ4n) is 1.98. The molecule has 112 valence electrons. The van der Waals surface area contributed by atoms with Crippen molar-refractivity contribution in [2.24, 2.45) is 0 Å². The lowest BCUT2D eigenvalue weighted by atomic mass is 10.2. The summed E-state index contributed by atoms with van der Waals surface area (Å²) in [4.78, 5) is 25.8. The smallest absolute Gasteiger partial charge is 0.331 e. The van der Waals surface area contributed by atoms with Gasteiger partial charge in [0.05, 0.1) is 11.8 Å². The van der Waals surface area contributed by atoms with E-state index in [-0.39, 0.29) is 11.9 Å². The van der Waals surface area contributed by atoms with Gasteiger partial charge in [0.15, 0.2) is 6.04 Å². The van der Waals surface area contributed by atoms with E-state index < -0.39 is 12.0 Å². The summed E-state index contributed by atoms with van der Waals surface area (Å²) in [6.07, 6.45) is 3.10. The highest BCUT2D eigenvalue weighted by Gasteiger charge is 2.30. The number of carbonyl (C=O) groups is 2. The molecule has 0 aliphatic carbocycles. The molecule has 1 atom stereocenters. The molecule has 2 heterocycles. The normalized spacial score (nSPS) is 12.4. The van der Waals surface area contributed by atoms with E-state index in [1.54, 1.807) is 28.4 Å². The Kier molecular flexibility index (Phi) is 4.42. The van der Waals surface area contributed by atoms with E-state index in [1.807, 2.05) is 13.8 Å². The van der Waals surface area contributed by atoms with E-state index in [4.69, 9.17) is 0 Å². The number of carboxylic acids is 1. The molecule has 1 N–H and O–H groups in total. The number of rotatable bonds is 5. The van der Waals surface area contributed by atoms with Gasteiger partial charge in [-0.15, -0.1) is 11.3 Å². The number of carboxylic acid groups (broad SMARTS) is 1. The Morgan fingerprint density at radius 1 is 1.43 bits per heavy atom. The number of thiophene rings is 1. The Labute approximate surface area is 126 Å². The van der Waals surface area contributed by atoms with Crippen molar-refractivity contribution in [3.63, 3.8) is 0 Å². The number of hydrogen-bond acceptors (Lipinski definition) is 4. The van der Waals surface area contributed by atoms with E-state index in [0.717, 1.165) is 0 Å². The third-order valence-electron chi connectivity index (χ3n) is 3.13. The lowest BCUT2D eigenvalue weighted by Crippen LogP contribution is -2.35. The second kappa shape index (κ2) is 6.09. The molecule has 1 amide bonds. The molecule has 0 saturated carbocycles. The van der Waals surface area contributed by atoms with Crippen LogP contribution in [0.1, 0.15) is 41.2 Å². The Balaban J connectivity index is 2.26. The Hall–Kier alpha value is -2.15. The lowest BCUT2D eigenvalue weighted by molar-refractivity contribution is -0.142. The molecule has 2 rings (SSSR count). The summed E-state index contributed by atoms with van der Waals surface area (Å²) >= 11 is 1.31. The van der Waals surface area contributed by atoms with Crippen LogP contribution >= 0.6 is 11.3 Å². The predicted octanol–water partition coefficient (Wildman–Crippen LogP) is 2.42. The monoisotopic (exact) mass is 307 g/mol. The maximum Gasteiger partial charge on any atom is 0.331 e. The third-order valence-corrected chi connectivity index (χ3v) is 4.06. The van der Waals surface area contributed by atoms with Crippen LogP contribution in [0.3, 0.4) is 0 Å². The number of likely N-dealkylation sites (N-methyl/N-ethyl adjacent to an activating group) is 1. The van der Waals surface area contributed by atoms with Crippen LogP contribution in [0.5, 0.6) is 0 Å². The first-order chi connectivity index (χ1) is 9.91. The van der Waals surface area contributed by atoms with E-state index in [2.05, 4.69) is 5.10 Å². The second-order valence-corrected chi connectivity index (χ2v) is 5.95. The van der Waals surface area contributed by atoms with Gasteiger partial charge >= 0.3 is 5.97 Å². The van der Waals surface area contributed by atoms with Crippen molar-refractivity contribution in [3.05, 3.63) is 40.3 Å². The number of aromatic nitrogens is 2. The number of hydrogen-bond donors (Lipinski definition) is 1. The van der Waals surface area contributed by atoms with Crippen molar-refractivity contribution in [3.8, 4) is 0 Å². The van der Waals surface area contributed by atoms with E-state index in [0.29, 0.717) is 10.4 Å². The first-order valence-electron chi connectivity index (χ1n) is 6.49. The molecule has 21 heavy (non-hydrogen) atoms. The second-order valence-electron chi connectivity index (χ2n) is 4.98. The summed E-state index contributed by atoms with van der Waals surface area (Å²) < 4.78 is 1.67. The van der Waals surface area contributed by atoms with E-state index in [1.165, 1.54) is 29.5 Å². The average molecular weight is 307 g/mol. The molecule has 0 fully saturated rings. The van der Waals surface area contributed by atoms with Crippen molar-refractivity contribution in [1.29, 1.82) is 0 Å². The van der Waals surface area contributed by atoms with Gasteiger partial charge in [0.2, 0.25) is 0 Å². The van der Waals surface area contributed by atoms with Gasteiger partial charge in [-0.25, -0.2) is 4.79 Å². The minimum absolute atomic E-state index is 0.143. The van der Waals surface area contributed by atoms with Crippen molar-refractivity contribution < 1.29 is 14.7 Å². The molecule has 2 aromatic heterocycles. The first-order valence-corrected chi connectivity index (χ1v) is 7.37. The van der Waals surface area contributed by atoms with Gasteiger partial charge in [0, 0.05) is 24.2 Å². The highest BCUT2D eigenvalue weighted by Crippen LogP contribution is 2.25. The maximum absolute atomic E-state index is 12.4. The Morgan fingerprint density at radius 3 is 2.62 bits per heavy atom. The van der Waals surface area contributed by atoms with Gasteiger partial charge in [-0.2, -0.15) is 5.10 Å². The summed E-state index contributed by atoms with van der Waals surface area (Å²) in [5, 5.41) is 15.3. The molecule has 0 aromatic carbocycles. The summed E-state index contributed by atoms with van der Waals surface area (Å²) in [5.41, 5.74) is 0.383. The number of nitrogens with zero attached hydrogens (tertiary/aromatic N) is 3. The summed E-state index contributed by atoms with van der Waals surface area (Å²) in [7, 11) is 1.49. The van der Waals surface area contributed by atoms with Crippen LogP contribution in [0.25, 0.3) is 0 Å². The van der Waals surface area contributed by atoms with Gasteiger partial charge in [-0.05, 0) is 25.3 Å². The minimum Gasteiger partial charge on any atom is -0.479 e. The molecule has 0 spiro atoms. The Bertz CT molecular complexity index is 634. The van der Waals surface area contributed by atoms with Gasteiger partial charge in [-0.3, -0.25) is 9.48 Å². The molecule has 7 heteroatoms. The number of amides is 1. The van der Waals surface area contributed by atoms with Crippen molar-refractivity contribution in [2.75, 3.05) is 7.05 Å². The largest absolute Gasteiger partial charge is 0.479 e. The van der Waals surface area contributed by atoms with Gasteiger partial charge in [0.25, 0.3) is 5.91 Å². The molecule has 0 unspecified atom stereocenters. The summed E-state index contributed by atoms with van der Waals surface area (Å²) in [5.74, 6) is -1.41. The zero-order valence-electron chi connectivity index (χ0n) is 12.1. The SMILES string of the molecule is CC(C)n1cc(C(=O)N(C)[C@H](C(=O)O)c2cccs2)cn1. The van der Waals surface area contributed by atoms with Crippen molar-refractivity contribution in [1.82, 2.24) is 14.7 Å². The minimum atomic E-state index is -1.05. The molecule has 2 aromatic rings. The highest BCUT2D eigenvalue weighted by molar-refractivity contribution is 7.10. The number of carbonyl (C=O) groups excluding carboxylic acids is 1. The van der Waals surface area contributed by atoms with Crippen LogP contribution in [-0.2, 0) is 4.79 Å². The van der Waals surface area contributed by atoms with E-state index >= 15 is 0 Å². The molecule has 0 aliphatic heterocycles. The number of aliphatic carboxylic acids is 1. The first kappa shape index (κ1) is 15.2. The summed E-state index contributed by atoms with van der Waals surface area (Å²) in [6, 6.07) is 2.64. The van der Waals surface area contributed by atoms with Crippen molar-refractivity contribution in [2.45, 2.75) is 25.9 Å². The molecule has 0 saturated heterocycles. The van der Waals surface area contributed by atoms with Crippen LogP contribution in [0.15, 0.2) is 29.9 Å². The predicted molar refractivity (Wildman–Crippen MR) is 79.4 cm³/mol. The Morgan fingerprint density at radius 2 is 2.14 bits per heavy atom. The van der Waals surface area contributed by atoms with Crippen molar-refractivity contribution >= 4 is 23.2 Å². The maximum atomic E-state index is 12.4. The van der Waals surface area contributed by atoms with Crippen LogP contribution in [0.2, 0.25) is 0 Å². The molecule has 6 nitrogen and oxygen atoms in total. The van der Waals surface area contributed by atoms with Crippen LogP contribution < -0.4 is 0 Å². The van der Waals surface area contributed by atoms with Crippen LogP contribution in [0, 0.1) is 0 Å². The lowest BCUT2D eigenvalue weighted by Gasteiger charge is -2.23. The highest BCUT2D eigenvalue weighted by atomic mass is 32.1. The fraction of sp³-hybridized carbons (Fsp3) is 0.357. The fourth-order valence-corrected chi connectivity index (χ4v) is 2.84. The molecule has 0 aliphatic rings. The topological polar surface area (TPSA) is 75.4 Å². The zero-order chi connectivity index (χ0) is 15.6. The third kappa shape index (κ3) is 3.13. The van der Waals surface area contributed by atoms with Gasteiger partial charge in [0.1, 0.15) is 0 Å². The van der Waals surface area contributed by atoms with Crippen LogP contribution in [0.4, 0.5) is 0 Å². The average Bonchev–Trinajstić information content (AvgIpc) is 3.08. The molecular formula is C14H17N3O3S. The molecule has 0 bridgehead atoms. The van der Waals surface area contributed by atoms with Gasteiger partial charge < -0.3 is 10.0 Å². The summed E-state index contributed by atoms with van der Waals surface area (Å²) in [6.45, 7) is 3.91. The molecule has 0 radical (unpaired) electrons. The van der Waals surface area contributed by atoms with Crippen LogP contribution in [-0.4, -0.2) is 38.7 Å². The zero-order valence-corrected chi connectivity index (χ0v) is 12.9.